The topological polar surface area (TPSA) is 98.5 Å². The molecule has 0 saturated carbocycles. The van der Waals surface area contributed by atoms with Gasteiger partial charge < -0.3 is 10.1 Å². The second-order valence-electron chi connectivity index (χ2n) is 4.60. The van der Waals surface area contributed by atoms with Crippen molar-refractivity contribution in [1.82, 2.24) is 5.32 Å². The molecule has 0 spiro atoms. The number of rotatable bonds is 6. The third kappa shape index (κ3) is 4.55. The van der Waals surface area contributed by atoms with Crippen LogP contribution in [0.2, 0.25) is 0 Å². The second-order valence-corrected chi connectivity index (χ2v) is 4.60. The van der Waals surface area contributed by atoms with Gasteiger partial charge in [0, 0.05) is 18.2 Å². The molecule has 21 heavy (non-hydrogen) atoms. The van der Waals surface area contributed by atoms with Crippen molar-refractivity contribution in [2.45, 2.75) is 33.3 Å². The molecule has 0 aliphatic rings. The molecule has 7 heteroatoms. The first-order valence-electron chi connectivity index (χ1n) is 6.60. The van der Waals surface area contributed by atoms with Crippen molar-refractivity contribution in [3.63, 3.8) is 0 Å². The average molecular weight is 294 g/mol. The number of esters is 1. The maximum absolute atomic E-state index is 11.9. The summed E-state index contributed by atoms with van der Waals surface area (Å²) in [6, 6.07) is 4.05. The van der Waals surface area contributed by atoms with Crippen LogP contribution in [0.15, 0.2) is 18.2 Å². The molecule has 1 atom stereocenters. The van der Waals surface area contributed by atoms with E-state index in [0.29, 0.717) is 12.1 Å². The summed E-state index contributed by atoms with van der Waals surface area (Å²) in [6.07, 6.45) is -0.180. The standard InChI is InChI=1S/C14H18N2O5/c1-4-7-15-13(17)10(3)21-14(18)11-6-5-9(2)12(8-11)16(19)20/h5-6,8,10H,4,7H2,1-3H3,(H,15,17)/t10-/m0/s1. The summed E-state index contributed by atoms with van der Waals surface area (Å²) in [6.45, 7) is 5.43. The van der Waals surface area contributed by atoms with E-state index in [0.717, 1.165) is 12.5 Å². The Kier molecular flexibility index (Phi) is 5.83. The van der Waals surface area contributed by atoms with Crippen LogP contribution >= 0.6 is 0 Å². The number of nitro groups is 1. The number of nitro benzene ring substituents is 1. The van der Waals surface area contributed by atoms with Crippen molar-refractivity contribution >= 4 is 17.6 Å². The number of nitrogens with zero attached hydrogens (tertiary/aromatic N) is 1. The van der Waals surface area contributed by atoms with Gasteiger partial charge in [0.2, 0.25) is 0 Å². The van der Waals surface area contributed by atoms with E-state index < -0.39 is 22.9 Å². The average Bonchev–Trinajstić information content (AvgIpc) is 2.44. The third-order valence-electron chi connectivity index (χ3n) is 2.84. The second kappa shape index (κ2) is 7.37. The molecule has 0 aliphatic carbocycles. The summed E-state index contributed by atoms with van der Waals surface area (Å²) in [5, 5.41) is 13.4. The smallest absolute Gasteiger partial charge is 0.339 e. The van der Waals surface area contributed by atoms with Crippen LogP contribution in [0.1, 0.15) is 36.2 Å². The number of carbonyl (C=O) groups excluding carboxylic acids is 2. The molecule has 0 aromatic heterocycles. The van der Waals surface area contributed by atoms with Crippen LogP contribution in [0.4, 0.5) is 5.69 Å². The van der Waals surface area contributed by atoms with Crippen molar-refractivity contribution in [2.75, 3.05) is 6.54 Å². The molecule has 114 valence electrons. The van der Waals surface area contributed by atoms with Gasteiger partial charge in [0.25, 0.3) is 11.6 Å². The number of amides is 1. The fourth-order valence-corrected chi connectivity index (χ4v) is 1.61. The van der Waals surface area contributed by atoms with E-state index in [1.807, 2.05) is 6.92 Å². The number of hydrogen-bond acceptors (Lipinski definition) is 5. The van der Waals surface area contributed by atoms with E-state index in [1.165, 1.54) is 19.1 Å². The number of nitrogens with one attached hydrogen (secondary N) is 1. The lowest BCUT2D eigenvalue weighted by Gasteiger charge is -2.13. The molecule has 1 rings (SSSR count). The largest absolute Gasteiger partial charge is 0.449 e. The number of hydrogen-bond donors (Lipinski definition) is 1. The number of carbonyl (C=O) groups is 2. The Bertz CT molecular complexity index is 556. The highest BCUT2D eigenvalue weighted by molar-refractivity contribution is 5.92. The van der Waals surface area contributed by atoms with Gasteiger partial charge >= 0.3 is 5.97 Å². The first kappa shape index (κ1) is 16.6. The predicted octanol–water partition coefficient (Wildman–Crippen LogP) is 1.97. The molecular weight excluding hydrogens is 276 g/mol. The van der Waals surface area contributed by atoms with Crippen molar-refractivity contribution in [2.24, 2.45) is 0 Å². The van der Waals surface area contributed by atoms with Gasteiger partial charge in [-0.1, -0.05) is 13.0 Å². The van der Waals surface area contributed by atoms with Crippen molar-refractivity contribution < 1.29 is 19.2 Å². The lowest BCUT2D eigenvalue weighted by atomic mass is 10.1. The SMILES string of the molecule is CCCNC(=O)[C@H](C)OC(=O)c1ccc(C)c([N+](=O)[O-])c1. The van der Waals surface area contributed by atoms with Gasteiger partial charge in [0.05, 0.1) is 10.5 Å². The van der Waals surface area contributed by atoms with E-state index >= 15 is 0 Å². The van der Waals surface area contributed by atoms with E-state index in [-0.39, 0.29) is 11.3 Å². The number of aryl methyl sites for hydroxylation is 1. The summed E-state index contributed by atoms with van der Waals surface area (Å²) in [7, 11) is 0. The summed E-state index contributed by atoms with van der Waals surface area (Å²) in [4.78, 5) is 33.8. The lowest BCUT2D eigenvalue weighted by molar-refractivity contribution is -0.385. The van der Waals surface area contributed by atoms with Crippen LogP contribution in [-0.4, -0.2) is 29.4 Å². The van der Waals surface area contributed by atoms with E-state index in [1.54, 1.807) is 6.92 Å². The summed E-state index contributed by atoms with van der Waals surface area (Å²) < 4.78 is 5.00. The number of ether oxygens (including phenoxy) is 1. The maximum Gasteiger partial charge on any atom is 0.339 e. The molecule has 1 amide bonds. The third-order valence-corrected chi connectivity index (χ3v) is 2.84. The Morgan fingerprint density at radius 1 is 1.43 bits per heavy atom. The molecule has 0 radical (unpaired) electrons. The minimum absolute atomic E-state index is 0.0439. The first-order chi connectivity index (χ1) is 9.86. The Labute approximate surface area is 122 Å². The summed E-state index contributed by atoms with van der Waals surface area (Å²) >= 11 is 0. The van der Waals surface area contributed by atoms with Crippen LogP contribution in [0.5, 0.6) is 0 Å². The van der Waals surface area contributed by atoms with Gasteiger partial charge in [-0.05, 0) is 26.3 Å². The highest BCUT2D eigenvalue weighted by Gasteiger charge is 2.20. The van der Waals surface area contributed by atoms with Crippen molar-refractivity contribution in [1.29, 1.82) is 0 Å². The van der Waals surface area contributed by atoms with Crippen LogP contribution in [0, 0.1) is 17.0 Å². The molecule has 0 saturated heterocycles. The fraction of sp³-hybridized carbons (Fsp3) is 0.429. The van der Waals surface area contributed by atoms with E-state index in [9.17, 15) is 19.7 Å². The van der Waals surface area contributed by atoms with Crippen molar-refractivity contribution in [3.8, 4) is 0 Å². The molecule has 0 fully saturated rings. The summed E-state index contributed by atoms with van der Waals surface area (Å²) in [5.41, 5.74) is 0.334. The zero-order valence-electron chi connectivity index (χ0n) is 12.2. The summed E-state index contributed by atoms with van der Waals surface area (Å²) in [5.74, 6) is -1.16. The van der Waals surface area contributed by atoms with Gasteiger partial charge in [-0.25, -0.2) is 4.79 Å². The molecule has 0 aliphatic heterocycles. The predicted molar refractivity (Wildman–Crippen MR) is 76.0 cm³/mol. The zero-order chi connectivity index (χ0) is 16.0. The van der Waals surface area contributed by atoms with Gasteiger partial charge in [0.15, 0.2) is 6.10 Å². The highest BCUT2D eigenvalue weighted by Crippen LogP contribution is 2.20. The normalized spacial score (nSPS) is 11.6. The van der Waals surface area contributed by atoms with Crippen LogP contribution in [0.25, 0.3) is 0 Å². The Balaban J connectivity index is 2.78. The lowest BCUT2D eigenvalue weighted by Crippen LogP contribution is -2.36. The van der Waals surface area contributed by atoms with Gasteiger partial charge in [-0.3, -0.25) is 14.9 Å². The Morgan fingerprint density at radius 2 is 2.10 bits per heavy atom. The molecule has 0 heterocycles. The van der Waals surface area contributed by atoms with Crippen LogP contribution < -0.4 is 5.32 Å². The minimum Gasteiger partial charge on any atom is -0.449 e. The van der Waals surface area contributed by atoms with Gasteiger partial charge in [-0.2, -0.15) is 0 Å². The Hall–Kier alpha value is -2.44. The zero-order valence-corrected chi connectivity index (χ0v) is 12.2. The van der Waals surface area contributed by atoms with Crippen LogP contribution in [0.3, 0.4) is 0 Å². The minimum atomic E-state index is -0.954. The van der Waals surface area contributed by atoms with Gasteiger partial charge in [-0.15, -0.1) is 0 Å². The van der Waals surface area contributed by atoms with E-state index in [2.05, 4.69) is 5.32 Å². The van der Waals surface area contributed by atoms with Crippen LogP contribution in [-0.2, 0) is 9.53 Å². The molecule has 7 nitrogen and oxygen atoms in total. The monoisotopic (exact) mass is 294 g/mol. The highest BCUT2D eigenvalue weighted by atomic mass is 16.6. The molecule has 1 aromatic carbocycles. The van der Waals surface area contributed by atoms with E-state index in [4.69, 9.17) is 4.74 Å². The molecule has 1 N–H and O–H groups in total. The fourth-order valence-electron chi connectivity index (χ4n) is 1.61. The molecule has 0 unspecified atom stereocenters. The van der Waals surface area contributed by atoms with Crippen molar-refractivity contribution in [3.05, 3.63) is 39.4 Å². The Morgan fingerprint density at radius 3 is 2.67 bits per heavy atom. The maximum atomic E-state index is 11.9. The molecule has 0 bridgehead atoms. The molecule has 1 aromatic rings. The van der Waals surface area contributed by atoms with Gasteiger partial charge in [0.1, 0.15) is 0 Å². The quantitative estimate of drug-likeness (QED) is 0.491. The molecular formula is C14H18N2O5. The number of benzene rings is 1. The first-order valence-corrected chi connectivity index (χ1v) is 6.60.